The standard InChI is InChI=1S/C20H18N2O/c23-20-17-11-5-6-12-18(17)22(21-20)19-15-9-3-1-7-13(15)14-8-2-4-10-16(14)19/h1-4,7-10,17-18H,5-6,11-12H2/t17-,18+/m1/s1. The van der Waals surface area contributed by atoms with Crippen LogP contribution in [-0.4, -0.2) is 22.3 Å². The molecule has 23 heavy (non-hydrogen) atoms. The molecule has 2 aromatic rings. The van der Waals surface area contributed by atoms with Gasteiger partial charge in [-0.2, -0.15) is 0 Å². The van der Waals surface area contributed by atoms with E-state index in [1.54, 1.807) is 0 Å². The summed E-state index contributed by atoms with van der Waals surface area (Å²) in [7, 11) is 0. The second kappa shape index (κ2) is 4.79. The Kier molecular flexibility index (Phi) is 2.72. The van der Waals surface area contributed by atoms with E-state index in [0.717, 1.165) is 25.0 Å². The normalized spacial score (nSPS) is 25.0. The number of hydrogen-bond donors (Lipinski definition) is 0. The minimum Gasteiger partial charge on any atom is -0.857 e. The lowest BCUT2D eigenvalue weighted by Gasteiger charge is -2.23. The maximum Gasteiger partial charge on any atom is 0.247 e. The summed E-state index contributed by atoms with van der Waals surface area (Å²) in [6.45, 7) is 0. The Hall–Kier alpha value is -2.42. The number of fused-ring (bicyclic) bond motifs is 4. The van der Waals surface area contributed by atoms with Gasteiger partial charge in [-0.15, -0.1) is 0 Å². The summed E-state index contributed by atoms with van der Waals surface area (Å²) in [6, 6.07) is 17.2. The summed E-state index contributed by atoms with van der Waals surface area (Å²) >= 11 is 0. The van der Waals surface area contributed by atoms with Crippen LogP contribution in [0.5, 0.6) is 0 Å². The summed E-state index contributed by atoms with van der Waals surface area (Å²) in [4.78, 5) is 0. The Morgan fingerprint density at radius 1 is 0.826 bits per heavy atom. The van der Waals surface area contributed by atoms with E-state index in [1.165, 1.54) is 28.7 Å². The molecule has 0 spiro atoms. The zero-order valence-corrected chi connectivity index (χ0v) is 12.9. The minimum absolute atomic E-state index is 0.0732. The SMILES string of the molecule is [O-]C1=N[N+](=C2c3ccccc3-c3ccccc32)[C@H]2CCCC[C@@H]12. The van der Waals surface area contributed by atoms with Gasteiger partial charge >= 0.3 is 0 Å². The number of hydrogen-bond acceptors (Lipinski definition) is 2. The summed E-state index contributed by atoms with van der Waals surface area (Å²) in [5, 5.41) is 16.8. The average molecular weight is 302 g/mol. The van der Waals surface area contributed by atoms with E-state index < -0.39 is 0 Å². The Bertz CT molecular complexity index is 818. The first-order chi connectivity index (χ1) is 11.3. The molecule has 0 saturated heterocycles. The lowest BCUT2D eigenvalue weighted by atomic mass is 9.85. The highest BCUT2D eigenvalue weighted by Crippen LogP contribution is 2.39. The molecule has 3 heteroatoms. The zero-order chi connectivity index (χ0) is 15.4. The second-order valence-corrected chi connectivity index (χ2v) is 6.68. The van der Waals surface area contributed by atoms with E-state index in [9.17, 15) is 5.11 Å². The third kappa shape index (κ3) is 1.76. The molecule has 2 atom stereocenters. The highest BCUT2D eigenvalue weighted by molar-refractivity contribution is 6.22. The van der Waals surface area contributed by atoms with E-state index in [0.29, 0.717) is 0 Å². The van der Waals surface area contributed by atoms with Crippen LogP contribution in [0.1, 0.15) is 36.8 Å². The number of nitrogens with zero attached hydrogens (tertiary/aromatic N) is 2. The summed E-state index contributed by atoms with van der Waals surface area (Å²) in [5.74, 6) is 0.167. The van der Waals surface area contributed by atoms with Gasteiger partial charge in [0.25, 0.3) is 0 Å². The van der Waals surface area contributed by atoms with Crippen LogP contribution in [0.15, 0.2) is 53.6 Å². The molecule has 0 N–H and O–H groups in total. The van der Waals surface area contributed by atoms with Crippen molar-refractivity contribution in [2.75, 3.05) is 0 Å². The molecule has 0 unspecified atom stereocenters. The van der Waals surface area contributed by atoms with Crippen LogP contribution in [0.2, 0.25) is 0 Å². The van der Waals surface area contributed by atoms with Crippen LogP contribution < -0.4 is 5.11 Å². The van der Waals surface area contributed by atoms with Gasteiger partial charge in [0.1, 0.15) is 0 Å². The van der Waals surface area contributed by atoms with Gasteiger partial charge in [-0.25, -0.2) is 0 Å². The monoisotopic (exact) mass is 302 g/mol. The largest absolute Gasteiger partial charge is 0.857 e. The van der Waals surface area contributed by atoms with Gasteiger partial charge in [0.2, 0.25) is 5.71 Å². The molecule has 114 valence electrons. The van der Waals surface area contributed by atoms with Crippen LogP contribution >= 0.6 is 0 Å². The zero-order valence-electron chi connectivity index (χ0n) is 12.9. The molecule has 1 aliphatic heterocycles. The Labute approximate surface area is 135 Å². The minimum atomic E-state index is 0.0732. The van der Waals surface area contributed by atoms with Gasteiger partial charge in [-0.1, -0.05) is 47.5 Å². The topological polar surface area (TPSA) is 38.4 Å². The summed E-state index contributed by atoms with van der Waals surface area (Å²) in [6.07, 6.45) is 4.39. The molecule has 0 radical (unpaired) electrons. The van der Waals surface area contributed by atoms with Gasteiger partial charge in [0, 0.05) is 12.3 Å². The highest BCUT2D eigenvalue weighted by atomic mass is 16.3. The smallest absolute Gasteiger partial charge is 0.247 e. The van der Waals surface area contributed by atoms with Crippen molar-refractivity contribution in [1.29, 1.82) is 0 Å². The Morgan fingerprint density at radius 2 is 1.39 bits per heavy atom. The van der Waals surface area contributed by atoms with Gasteiger partial charge in [0.05, 0.1) is 17.0 Å². The summed E-state index contributed by atoms with van der Waals surface area (Å²) in [5.41, 5.74) is 6.03. The second-order valence-electron chi connectivity index (χ2n) is 6.68. The Balaban J connectivity index is 1.80. The van der Waals surface area contributed by atoms with Crippen LogP contribution in [0.4, 0.5) is 0 Å². The fourth-order valence-corrected chi connectivity index (χ4v) is 4.40. The molecular formula is C20H18N2O. The van der Waals surface area contributed by atoms with Crippen LogP contribution in [-0.2, 0) is 0 Å². The van der Waals surface area contributed by atoms with Gasteiger partial charge in [-0.05, 0) is 41.2 Å². The van der Waals surface area contributed by atoms with Crippen molar-refractivity contribution in [1.82, 2.24) is 0 Å². The lowest BCUT2D eigenvalue weighted by Crippen LogP contribution is -2.37. The summed E-state index contributed by atoms with van der Waals surface area (Å²) < 4.78 is 2.05. The van der Waals surface area contributed by atoms with Crippen LogP contribution in [0.25, 0.3) is 11.1 Å². The highest BCUT2D eigenvalue weighted by Gasteiger charge is 2.44. The van der Waals surface area contributed by atoms with Gasteiger partial charge in [-0.3, -0.25) is 0 Å². The molecule has 1 saturated carbocycles. The van der Waals surface area contributed by atoms with Crippen LogP contribution in [0, 0.1) is 5.92 Å². The van der Waals surface area contributed by atoms with Crippen molar-refractivity contribution < 1.29 is 9.79 Å². The molecule has 2 aliphatic carbocycles. The molecule has 5 rings (SSSR count). The lowest BCUT2D eigenvalue weighted by molar-refractivity contribution is -0.568. The molecule has 1 heterocycles. The molecule has 2 aromatic carbocycles. The molecule has 3 aliphatic rings. The maximum absolute atomic E-state index is 12.4. The number of rotatable bonds is 0. The van der Waals surface area contributed by atoms with E-state index in [4.69, 9.17) is 0 Å². The molecular weight excluding hydrogens is 284 g/mol. The van der Waals surface area contributed by atoms with Crippen molar-refractivity contribution in [2.45, 2.75) is 31.7 Å². The van der Waals surface area contributed by atoms with Crippen molar-refractivity contribution >= 4 is 11.6 Å². The quantitative estimate of drug-likeness (QED) is 0.588. The fourth-order valence-electron chi connectivity index (χ4n) is 4.40. The number of hydrazone groups is 1. The van der Waals surface area contributed by atoms with Crippen molar-refractivity contribution in [3.8, 4) is 11.1 Å². The maximum atomic E-state index is 12.4. The number of benzene rings is 2. The predicted molar refractivity (Wildman–Crippen MR) is 88.5 cm³/mol. The van der Waals surface area contributed by atoms with Crippen LogP contribution in [0.3, 0.4) is 0 Å². The van der Waals surface area contributed by atoms with E-state index in [2.05, 4.69) is 58.3 Å². The van der Waals surface area contributed by atoms with E-state index in [1.807, 2.05) is 0 Å². The average Bonchev–Trinajstić information content (AvgIpc) is 3.11. The Morgan fingerprint density at radius 3 is 2.04 bits per heavy atom. The van der Waals surface area contributed by atoms with Gasteiger partial charge in [0.15, 0.2) is 6.04 Å². The van der Waals surface area contributed by atoms with E-state index in [-0.39, 0.29) is 17.9 Å². The van der Waals surface area contributed by atoms with Crippen molar-refractivity contribution in [3.05, 3.63) is 59.7 Å². The molecule has 3 nitrogen and oxygen atoms in total. The third-order valence-corrected chi connectivity index (χ3v) is 5.45. The molecule has 1 fully saturated rings. The predicted octanol–water partition coefficient (Wildman–Crippen LogP) is 2.76. The molecule has 0 bridgehead atoms. The molecule has 0 aromatic heterocycles. The van der Waals surface area contributed by atoms with Crippen molar-refractivity contribution in [3.63, 3.8) is 0 Å². The molecule has 0 amide bonds. The first kappa shape index (κ1) is 13.1. The fraction of sp³-hybridized carbons (Fsp3) is 0.300. The first-order valence-corrected chi connectivity index (χ1v) is 8.45. The van der Waals surface area contributed by atoms with Crippen molar-refractivity contribution in [2.24, 2.45) is 11.0 Å². The van der Waals surface area contributed by atoms with E-state index >= 15 is 0 Å². The first-order valence-electron chi connectivity index (χ1n) is 8.45. The van der Waals surface area contributed by atoms with Gasteiger partial charge < -0.3 is 5.11 Å². The third-order valence-electron chi connectivity index (χ3n) is 5.45.